The van der Waals surface area contributed by atoms with Crippen LogP contribution in [-0.2, 0) is 20.9 Å². The number of aromatic nitrogens is 1. The van der Waals surface area contributed by atoms with E-state index < -0.39 is 11.7 Å². The summed E-state index contributed by atoms with van der Waals surface area (Å²) in [5, 5.41) is 3.18. The number of benzene rings is 2. The number of hydrogen-bond acceptors (Lipinski definition) is 5. The summed E-state index contributed by atoms with van der Waals surface area (Å²) in [7, 11) is 0. The molecular weight excluding hydrogens is 410 g/mol. The predicted molar refractivity (Wildman–Crippen MR) is 119 cm³/mol. The molecular formula is C24H23N3O5. The average Bonchev–Trinajstić information content (AvgIpc) is 3.17. The van der Waals surface area contributed by atoms with Crippen molar-refractivity contribution in [3.63, 3.8) is 0 Å². The SMILES string of the molecule is CC(=O)c1ccc(NC(=O)C(=O)c2cn(CC(=O)N3CCOCC3)c3ccccc23)cc1. The second kappa shape index (κ2) is 9.15. The smallest absolute Gasteiger partial charge is 0.296 e. The molecule has 0 unspecified atom stereocenters. The second-order valence-corrected chi connectivity index (χ2v) is 7.60. The van der Waals surface area contributed by atoms with Crippen molar-refractivity contribution in [3.8, 4) is 0 Å². The van der Waals surface area contributed by atoms with Crippen LogP contribution in [0, 0.1) is 0 Å². The third-order valence-electron chi connectivity index (χ3n) is 5.46. The summed E-state index contributed by atoms with van der Waals surface area (Å²) in [4.78, 5) is 51.4. The summed E-state index contributed by atoms with van der Waals surface area (Å²) >= 11 is 0. The standard InChI is InChI=1S/C24H23N3O5/c1-16(28)17-6-8-18(9-7-17)25-24(31)23(30)20-14-27(21-5-3-2-4-19(20)21)15-22(29)26-10-12-32-13-11-26/h2-9,14H,10-13,15H2,1H3,(H,25,31). The maximum atomic E-state index is 12.9. The Morgan fingerprint density at radius 2 is 1.66 bits per heavy atom. The van der Waals surface area contributed by atoms with E-state index in [1.165, 1.54) is 6.92 Å². The number of nitrogens with zero attached hydrogens (tertiary/aromatic N) is 2. The molecule has 2 amide bonds. The molecule has 2 aromatic carbocycles. The van der Waals surface area contributed by atoms with Crippen LogP contribution in [0.2, 0.25) is 0 Å². The van der Waals surface area contributed by atoms with Gasteiger partial charge in [-0.05, 0) is 37.3 Å². The van der Waals surface area contributed by atoms with E-state index in [-0.39, 0.29) is 23.8 Å². The van der Waals surface area contributed by atoms with Crippen LogP contribution >= 0.6 is 0 Å². The second-order valence-electron chi connectivity index (χ2n) is 7.60. The number of amides is 2. The number of carbonyl (C=O) groups excluding carboxylic acids is 4. The van der Waals surface area contributed by atoms with Gasteiger partial charge in [-0.3, -0.25) is 19.2 Å². The number of morpholine rings is 1. The highest BCUT2D eigenvalue weighted by atomic mass is 16.5. The summed E-state index contributed by atoms with van der Waals surface area (Å²) in [5.41, 5.74) is 1.87. The van der Waals surface area contributed by atoms with Gasteiger partial charge in [0, 0.05) is 41.4 Å². The summed E-state index contributed by atoms with van der Waals surface area (Å²) in [6.07, 6.45) is 1.56. The minimum atomic E-state index is -0.789. The maximum absolute atomic E-state index is 12.9. The van der Waals surface area contributed by atoms with Gasteiger partial charge in [-0.25, -0.2) is 0 Å². The van der Waals surface area contributed by atoms with E-state index in [0.717, 1.165) is 0 Å². The zero-order valence-electron chi connectivity index (χ0n) is 17.7. The van der Waals surface area contributed by atoms with Gasteiger partial charge in [-0.15, -0.1) is 0 Å². The molecule has 8 nitrogen and oxygen atoms in total. The van der Waals surface area contributed by atoms with Gasteiger partial charge >= 0.3 is 0 Å². The maximum Gasteiger partial charge on any atom is 0.296 e. The fourth-order valence-electron chi connectivity index (χ4n) is 3.72. The molecule has 0 saturated carbocycles. The Balaban J connectivity index is 1.55. The molecule has 0 bridgehead atoms. The number of fused-ring (bicyclic) bond motifs is 1. The topological polar surface area (TPSA) is 97.7 Å². The molecule has 1 saturated heterocycles. The molecule has 164 valence electrons. The largest absolute Gasteiger partial charge is 0.378 e. The van der Waals surface area contributed by atoms with Gasteiger partial charge in [-0.2, -0.15) is 0 Å². The van der Waals surface area contributed by atoms with Gasteiger partial charge in [-0.1, -0.05) is 18.2 Å². The molecule has 1 aromatic heterocycles. The number of nitrogens with one attached hydrogen (secondary N) is 1. The van der Waals surface area contributed by atoms with E-state index in [0.29, 0.717) is 48.5 Å². The van der Waals surface area contributed by atoms with E-state index in [4.69, 9.17) is 4.74 Å². The lowest BCUT2D eigenvalue weighted by Crippen LogP contribution is -2.42. The van der Waals surface area contributed by atoms with Crippen molar-refractivity contribution in [1.29, 1.82) is 0 Å². The lowest BCUT2D eigenvalue weighted by Gasteiger charge is -2.27. The van der Waals surface area contributed by atoms with Crippen LogP contribution in [-0.4, -0.2) is 59.2 Å². The van der Waals surface area contributed by atoms with E-state index >= 15 is 0 Å². The van der Waals surface area contributed by atoms with E-state index in [2.05, 4.69) is 5.32 Å². The van der Waals surface area contributed by atoms with Crippen LogP contribution in [0.3, 0.4) is 0 Å². The van der Waals surface area contributed by atoms with Gasteiger partial charge in [0.05, 0.1) is 18.8 Å². The van der Waals surface area contributed by atoms with Crippen LogP contribution < -0.4 is 5.32 Å². The molecule has 32 heavy (non-hydrogen) atoms. The number of Topliss-reactive ketones (excluding diaryl/α,β-unsaturated/α-hetero) is 2. The van der Waals surface area contributed by atoms with Crippen LogP contribution in [0.25, 0.3) is 10.9 Å². The number of anilines is 1. The Kier molecular flexibility index (Phi) is 6.13. The van der Waals surface area contributed by atoms with Gasteiger partial charge in [0.15, 0.2) is 5.78 Å². The zero-order chi connectivity index (χ0) is 22.7. The molecule has 0 spiro atoms. The van der Waals surface area contributed by atoms with Crippen LogP contribution in [0.1, 0.15) is 27.6 Å². The number of ether oxygens (including phenoxy) is 1. The lowest BCUT2D eigenvalue weighted by molar-refractivity contribution is -0.135. The highest BCUT2D eigenvalue weighted by Crippen LogP contribution is 2.23. The lowest BCUT2D eigenvalue weighted by atomic mass is 10.1. The number of para-hydroxylation sites is 1. The van der Waals surface area contributed by atoms with E-state index in [9.17, 15) is 19.2 Å². The molecule has 4 rings (SSSR count). The summed E-state index contributed by atoms with van der Waals surface area (Å²) in [6.45, 7) is 3.62. The Hall–Kier alpha value is -3.78. The summed E-state index contributed by atoms with van der Waals surface area (Å²) in [6, 6.07) is 13.5. The third kappa shape index (κ3) is 4.45. The predicted octanol–water partition coefficient (Wildman–Crippen LogP) is 2.52. The highest BCUT2D eigenvalue weighted by Gasteiger charge is 2.24. The molecule has 0 radical (unpaired) electrons. The molecule has 1 N–H and O–H groups in total. The summed E-state index contributed by atoms with van der Waals surface area (Å²) < 4.78 is 7.00. The molecule has 0 aliphatic carbocycles. The summed E-state index contributed by atoms with van der Waals surface area (Å²) in [5.74, 6) is -1.64. The third-order valence-corrected chi connectivity index (χ3v) is 5.46. The number of hydrogen-bond donors (Lipinski definition) is 1. The minimum absolute atomic E-state index is 0.0666. The molecule has 1 aliphatic heterocycles. The normalized spacial score (nSPS) is 13.7. The fourth-order valence-corrected chi connectivity index (χ4v) is 3.72. The van der Waals surface area contributed by atoms with Crippen molar-refractivity contribution in [2.45, 2.75) is 13.5 Å². The van der Waals surface area contributed by atoms with Crippen molar-refractivity contribution in [1.82, 2.24) is 9.47 Å². The molecule has 0 atom stereocenters. The minimum Gasteiger partial charge on any atom is -0.378 e. The van der Waals surface area contributed by atoms with Crippen LogP contribution in [0.15, 0.2) is 54.7 Å². The monoisotopic (exact) mass is 433 g/mol. The first-order valence-electron chi connectivity index (χ1n) is 10.3. The quantitative estimate of drug-likeness (QED) is 0.476. The molecule has 1 fully saturated rings. The Morgan fingerprint density at radius 3 is 2.34 bits per heavy atom. The van der Waals surface area contributed by atoms with Crippen LogP contribution in [0.4, 0.5) is 5.69 Å². The van der Waals surface area contributed by atoms with Gasteiger partial charge < -0.3 is 19.5 Å². The molecule has 8 heteroatoms. The fraction of sp³-hybridized carbons (Fsp3) is 0.250. The van der Waals surface area contributed by atoms with Crippen molar-refractivity contribution >= 4 is 40.0 Å². The Morgan fingerprint density at radius 1 is 0.969 bits per heavy atom. The Bertz CT molecular complexity index is 1190. The van der Waals surface area contributed by atoms with E-state index in [1.807, 2.05) is 12.1 Å². The van der Waals surface area contributed by atoms with Crippen molar-refractivity contribution in [3.05, 3.63) is 65.9 Å². The van der Waals surface area contributed by atoms with Crippen molar-refractivity contribution < 1.29 is 23.9 Å². The zero-order valence-corrected chi connectivity index (χ0v) is 17.7. The number of carbonyl (C=O) groups is 4. The van der Waals surface area contributed by atoms with Crippen molar-refractivity contribution in [2.24, 2.45) is 0 Å². The molecule has 2 heterocycles. The number of rotatable bonds is 6. The van der Waals surface area contributed by atoms with Crippen molar-refractivity contribution in [2.75, 3.05) is 31.6 Å². The van der Waals surface area contributed by atoms with E-state index in [1.54, 1.807) is 52.1 Å². The molecule has 1 aliphatic rings. The number of ketones is 2. The first-order chi connectivity index (χ1) is 15.4. The first-order valence-corrected chi connectivity index (χ1v) is 10.3. The van der Waals surface area contributed by atoms with Gasteiger partial charge in [0.1, 0.15) is 6.54 Å². The Labute approximate surface area is 184 Å². The average molecular weight is 433 g/mol. The molecule has 3 aromatic rings. The first kappa shape index (κ1) is 21.5. The van der Waals surface area contributed by atoms with Crippen LogP contribution in [0.5, 0.6) is 0 Å². The highest BCUT2D eigenvalue weighted by molar-refractivity contribution is 6.48. The van der Waals surface area contributed by atoms with Gasteiger partial charge in [0.25, 0.3) is 11.7 Å². The van der Waals surface area contributed by atoms with Gasteiger partial charge in [0.2, 0.25) is 5.91 Å².